The zero-order valence-corrected chi connectivity index (χ0v) is 12.1. The largest absolute Gasteiger partial charge is 0.490 e. The Labute approximate surface area is 115 Å². The van der Waals surface area contributed by atoms with E-state index in [4.69, 9.17) is 10.5 Å². The number of ether oxygens (including phenoxy) is 1. The van der Waals surface area contributed by atoms with Crippen molar-refractivity contribution < 1.29 is 13.2 Å². The molecule has 0 aliphatic rings. The van der Waals surface area contributed by atoms with Crippen molar-refractivity contribution in [3.05, 3.63) is 35.3 Å². The third kappa shape index (κ3) is 5.52. The third-order valence-corrected chi connectivity index (χ3v) is 3.58. The summed E-state index contributed by atoms with van der Waals surface area (Å²) in [5.41, 5.74) is 6.14. The second-order valence-electron chi connectivity index (χ2n) is 3.54. The van der Waals surface area contributed by atoms with Gasteiger partial charge >= 0.3 is 0 Å². The highest BCUT2D eigenvalue weighted by molar-refractivity contribution is 9.11. The zero-order chi connectivity index (χ0) is 13.6. The summed E-state index contributed by atoms with van der Waals surface area (Å²) < 4.78 is 31.3. The highest BCUT2D eigenvalue weighted by atomic mass is 79.9. The first kappa shape index (κ1) is 15.0. The minimum atomic E-state index is -3.37. The summed E-state index contributed by atoms with van der Waals surface area (Å²) in [6, 6.07) is 6.93. The van der Waals surface area contributed by atoms with Gasteiger partial charge in [0.15, 0.2) is 0 Å². The van der Waals surface area contributed by atoms with Crippen molar-refractivity contribution in [1.29, 1.82) is 0 Å². The van der Waals surface area contributed by atoms with E-state index in [1.807, 2.05) is 0 Å². The zero-order valence-electron chi connectivity index (χ0n) is 9.73. The number of nitrogens with two attached hydrogens (primary N) is 1. The highest BCUT2D eigenvalue weighted by Gasteiger charge is 2.10. The second kappa shape index (κ2) is 6.77. The molecule has 3 N–H and O–H groups in total. The smallest absolute Gasteiger partial charge is 0.215 e. The van der Waals surface area contributed by atoms with Crippen molar-refractivity contribution >= 4 is 31.6 Å². The van der Waals surface area contributed by atoms with Crippen LogP contribution in [0.3, 0.4) is 0 Å². The van der Waals surface area contributed by atoms with E-state index in [0.717, 1.165) is 0 Å². The Morgan fingerprint density at radius 3 is 2.72 bits per heavy atom. The molecule has 0 spiro atoms. The highest BCUT2D eigenvalue weighted by Crippen LogP contribution is 2.19. The molecule has 0 aliphatic heterocycles. The Balaban J connectivity index is 2.42. The lowest BCUT2D eigenvalue weighted by Crippen LogP contribution is -2.29. The van der Waals surface area contributed by atoms with Crippen molar-refractivity contribution in [1.82, 2.24) is 4.72 Å². The minimum Gasteiger partial charge on any atom is -0.490 e. The summed E-state index contributed by atoms with van der Waals surface area (Å²) in [6.45, 7) is 3.74. The van der Waals surface area contributed by atoms with Crippen LogP contribution in [0.5, 0.6) is 5.75 Å². The predicted octanol–water partition coefficient (Wildman–Crippen LogP) is 1.48. The average Bonchev–Trinajstić information content (AvgIpc) is 2.29. The van der Waals surface area contributed by atoms with Crippen LogP contribution < -0.4 is 15.2 Å². The van der Waals surface area contributed by atoms with Crippen LogP contribution in [-0.2, 0) is 10.0 Å². The lowest BCUT2D eigenvalue weighted by atomic mass is 10.3. The van der Waals surface area contributed by atoms with E-state index in [1.54, 1.807) is 24.3 Å². The summed E-state index contributed by atoms with van der Waals surface area (Å²) in [6.07, 6.45) is 0. The van der Waals surface area contributed by atoms with Crippen LogP contribution in [0.25, 0.3) is 0 Å². The first-order valence-electron chi connectivity index (χ1n) is 5.18. The minimum absolute atomic E-state index is 0.0400. The Hall–Kier alpha value is -1.05. The molecule has 7 heteroatoms. The maximum absolute atomic E-state index is 11.5. The van der Waals surface area contributed by atoms with Gasteiger partial charge in [-0.15, -0.1) is 0 Å². The molecule has 5 nitrogen and oxygen atoms in total. The maximum Gasteiger partial charge on any atom is 0.215 e. The summed E-state index contributed by atoms with van der Waals surface area (Å²) >= 11 is 3.07. The Bertz CT molecular complexity index is 517. The number of rotatable bonds is 7. The van der Waals surface area contributed by atoms with Crippen molar-refractivity contribution in [2.75, 3.05) is 24.6 Å². The molecule has 0 saturated carbocycles. The fraction of sp³-hybridized carbons (Fsp3) is 0.273. The van der Waals surface area contributed by atoms with Crippen molar-refractivity contribution in [2.45, 2.75) is 0 Å². The Morgan fingerprint density at radius 1 is 1.44 bits per heavy atom. The number of nitrogen functional groups attached to an aromatic ring is 1. The van der Waals surface area contributed by atoms with Crippen LogP contribution >= 0.6 is 15.9 Å². The molecule has 0 saturated heterocycles. The van der Waals surface area contributed by atoms with Gasteiger partial charge in [-0.2, -0.15) is 0 Å². The van der Waals surface area contributed by atoms with E-state index in [9.17, 15) is 8.42 Å². The van der Waals surface area contributed by atoms with Crippen LogP contribution in [-0.4, -0.2) is 27.3 Å². The van der Waals surface area contributed by atoms with E-state index < -0.39 is 10.0 Å². The molecule has 0 fully saturated rings. The summed E-state index contributed by atoms with van der Waals surface area (Å²) in [7, 11) is -3.37. The van der Waals surface area contributed by atoms with E-state index in [-0.39, 0.29) is 18.9 Å². The second-order valence-corrected chi connectivity index (χ2v) is 6.59. The Morgan fingerprint density at radius 2 is 2.11 bits per heavy atom. The lowest BCUT2D eigenvalue weighted by Gasteiger charge is -2.09. The number of para-hydroxylation sites is 2. The van der Waals surface area contributed by atoms with Gasteiger partial charge in [-0.1, -0.05) is 34.6 Å². The predicted molar refractivity (Wildman–Crippen MR) is 76.2 cm³/mol. The van der Waals surface area contributed by atoms with Crippen molar-refractivity contribution in [2.24, 2.45) is 0 Å². The monoisotopic (exact) mass is 334 g/mol. The van der Waals surface area contributed by atoms with Crippen LogP contribution in [0.2, 0.25) is 0 Å². The van der Waals surface area contributed by atoms with Crippen molar-refractivity contribution in [3.63, 3.8) is 0 Å². The van der Waals surface area contributed by atoms with Gasteiger partial charge < -0.3 is 10.5 Å². The van der Waals surface area contributed by atoms with E-state index in [2.05, 4.69) is 27.2 Å². The fourth-order valence-electron chi connectivity index (χ4n) is 1.13. The molecule has 1 aromatic carbocycles. The molecular formula is C11H15BrN2O3S. The summed E-state index contributed by atoms with van der Waals surface area (Å²) in [5, 5.41) is 0. The van der Waals surface area contributed by atoms with Crippen LogP contribution in [0.4, 0.5) is 5.69 Å². The number of halogens is 1. The molecule has 0 aromatic heterocycles. The van der Waals surface area contributed by atoms with Crippen LogP contribution in [0, 0.1) is 0 Å². The SMILES string of the molecule is C=C(Br)CNS(=O)(=O)CCOc1ccccc1N. The molecule has 1 aromatic rings. The molecule has 18 heavy (non-hydrogen) atoms. The quantitative estimate of drug-likeness (QED) is 0.740. The van der Waals surface area contributed by atoms with Gasteiger partial charge in [0.2, 0.25) is 10.0 Å². The number of anilines is 1. The topological polar surface area (TPSA) is 81.4 Å². The molecule has 0 bridgehead atoms. The molecule has 0 radical (unpaired) electrons. The molecule has 0 aliphatic carbocycles. The molecule has 0 heterocycles. The number of benzene rings is 1. The van der Waals surface area contributed by atoms with Gasteiger partial charge in [0.05, 0.1) is 11.4 Å². The van der Waals surface area contributed by atoms with Gasteiger partial charge in [-0.05, 0) is 12.1 Å². The van der Waals surface area contributed by atoms with Crippen LogP contribution in [0.15, 0.2) is 35.3 Å². The van der Waals surface area contributed by atoms with E-state index in [0.29, 0.717) is 15.9 Å². The number of sulfonamides is 1. The van der Waals surface area contributed by atoms with Gasteiger partial charge in [0, 0.05) is 11.0 Å². The molecule has 1 rings (SSSR count). The van der Waals surface area contributed by atoms with Gasteiger partial charge in [-0.3, -0.25) is 0 Å². The third-order valence-electron chi connectivity index (χ3n) is 2.01. The molecule has 0 atom stereocenters. The van der Waals surface area contributed by atoms with E-state index >= 15 is 0 Å². The molecule has 0 amide bonds. The molecular weight excluding hydrogens is 320 g/mol. The maximum atomic E-state index is 11.5. The first-order chi connectivity index (χ1) is 8.41. The first-order valence-corrected chi connectivity index (χ1v) is 7.63. The summed E-state index contributed by atoms with van der Waals surface area (Å²) in [4.78, 5) is 0. The number of hydrogen-bond acceptors (Lipinski definition) is 4. The van der Waals surface area contributed by atoms with Crippen LogP contribution in [0.1, 0.15) is 0 Å². The van der Waals surface area contributed by atoms with Gasteiger partial charge in [0.25, 0.3) is 0 Å². The van der Waals surface area contributed by atoms with Gasteiger partial charge in [-0.25, -0.2) is 13.1 Å². The lowest BCUT2D eigenvalue weighted by molar-refractivity contribution is 0.342. The fourth-order valence-corrected chi connectivity index (χ4v) is 2.30. The average molecular weight is 335 g/mol. The van der Waals surface area contributed by atoms with Crippen molar-refractivity contribution in [3.8, 4) is 5.75 Å². The Kier molecular flexibility index (Phi) is 5.64. The number of hydrogen-bond donors (Lipinski definition) is 2. The molecule has 0 unspecified atom stereocenters. The number of nitrogens with one attached hydrogen (secondary N) is 1. The van der Waals surface area contributed by atoms with Gasteiger partial charge in [0.1, 0.15) is 12.4 Å². The summed E-state index contributed by atoms with van der Waals surface area (Å²) in [5.74, 6) is 0.347. The molecule has 100 valence electrons. The van der Waals surface area contributed by atoms with E-state index in [1.165, 1.54) is 0 Å². The standard InChI is InChI=1S/C11H15BrN2O3S/c1-9(12)8-14-18(15,16)7-6-17-11-5-3-2-4-10(11)13/h2-5,14H,1,6-8,13H2. The normalized spacial score (nSPS) is 11.2.